The van der Waals surface area contributed by atoms with Gasteiger partial charge in [-0.05, 0) is 56.6 Å². The number of hydrogen-bond acceptors (Lipinski definition) is 3. The zero-order valence-corrected chi connectivity index (χ0v) is 14.6. The van der Waals surface area contributed by atoms with E-state index in [1.807, 2.05) is 19.1 Å². The summed E-state index contributed by atoms with van der Waals surface area (Å²) in [5.74, 6) is 1.15. The molecule has 2 bridgehead atoms. The van der Waals surface area contributed by atoms with Gasteiger partial charge in [0.2, 0.25) is 0 Å². The average Bonchev–Trinajstić information content (AvgIpc) is 2.71. The third kappa shape index (κ3) is 4.14. The number of rotatable bonds is 3. The standard InChI is InChI=1S/C18H26N2O2S/c1-14-7-11-17(12-8-14)23(21,22)20-19-18-13-15-5-3-2-4-6-16(18)10-9-15/h7-8,11-12,15-16,20H,2-6,9-10,13H2,1H3/b19-18+/t15-,16-/m1/s1. The van der Waals surface area contributed by atoms with Gasteiger partial charge in [-0.25, -0.2) is 4.83 Å². The van der Waals surface area contributed by atoms with Crippen LogP contribution >= 0.6 is 0 Å². The van der Waals surface area contributed by atoms with E-state index in [4.69, 9.17) is 0 Å². The Morgan fingerprint density at radius 3 is 2.52 bits per heavy atom. The van der Waals surface area contributed by atoms with Gasteiger partial charge in [0.25, 0.3) is 10.0 Å². The Morgan fingerprint density at radius 1 is 1.00 bits per heavy atom. The molecule has 3 fully saturated rings. The van der Waals surface area contributed by atoms with Gasteiger partial charge in [-0.3, -0.25) is 0 Å². The van der Waals surface area contributed by atoms with Gasteiger partial charge in [0.15, 0.2) is 0 Å². The van der Waals surface area contributed by atoms with Gasteiger partial charge < -0.3 is 0 Å². The highest BCUT2D eigenvalue weighted by atomic mass is 32.2. The number of sulfonamides is 1. The van der Waals surface area contributed by atoms with Crippen LogP contribution in [0.3, 0.4) is 0 Å². The zero-order valence-electron chi connectivity index (χ0n) is 13.8. The molecular weight excluding hydrogens is 308 g/mol. The summed E-state index contributed by atoms with van der Waals surface area (Å²) < 4.78 is 24.8. The molecule has 0 aromatic heterocycles. The Balaban J connectivity index is 1.76. The molecule has 1 N–H and O–H groups in total. The van der Waals surface area contributed by atoms with E-state index in [0.29, 0.717) is 11.8 Å². The van der Waals surface area contributed by atoms with E-state index in [1.54, 1.807) is 12.1 Å². The van der Waals surface area contributed by atoms with E-state index in [-0.39, 0.29) is 4.90 Å². The van der Waals surface area contributed by atoms with Crippen LogP contribution < -0.4 is 4.83 Å². The number of fused-ring (bicyclic) bond motifs is 6. The molecule has 0 aliphatic heterocycles. The molecule has 3 saturated carbocycles. The maximum Gasteiger partial charge on any atom is 0.276 e. The third-order valence-corrected chi connectivity index (χ3v) is 6.42. The topological polar surface area (TPSA) is 58.5 Å². The van der Waals surface area contributed by atoms with E-state index in [9.17, 15) is 8.42 Å². The molecule has 3 aliphatic rings. The van der Waals surface area contributed by atoms with E-state index >= 15 is 0 Å². The van der Waals surface area contributed by atoms with Gasteiger partial charge in [0, 0.05) is 5.71 Å². The minimum Gasteiger partial charge on any atom is -0.200 e. The summed E-state index contributed by atoms with van der Waals surface area (Å²) in [6.07, 6.45) is 9.65. The largest absolute Gasteiger partial charge is 0.276 e. The first-order valence-corrected chi connectivity index (χ1v) is 10.2. The Bertz CT molecular complexity index is 661. The molecule has 0 spiro atoms. The van der Waals surface area contributed by atoms with E-state index in [1.165, 1.54) is 32.1 Å². The van der Waals surface area contributed by atoms with Crippen LogP contribution in [0.25, 0.3) is 0 Å². The monoisotopic (exact) mass is 334 g/mol. The highest BCUT2D eigenvalue weighted by Gasteiger charge is 2.28. The molecule has 1 aromatic carbocycles. The minimum absolute atomic E-state index is 0.278. The number of hydrazone groups is 1. The minimum atomic E-state index is -3.56. The van der Waals surface area contributed by atoms with Crippen molar-refractivity contribution in [2.45, 2.75) is 63.2 Å². The van der Waals surface area contributed by atoms with Crippen molar-refractivity contribution in [2.75, 3.05) is 0 Å². The van der Waals surface area contributed by atoms with Crippen LogP contribution in [-0.2, 0) is 10.0 Å². The number of benzene rings is 1. The summed E-state index contributed by atoms with van der Waals surface area (Å²) in [4.78, 5) is 2.76. The van der Waals surface area contributed by atoms with Crippen molar-refractivity contribution < 1.29 is 8.42 Å². The SMILES string of the molecule is Cc1ccc(S(=O)(=O)N/N=C2\C[C@@H]3CCCCC[C@@H]2CC3)cc1. The van der Waals surface area contributed by atoms with Crippen LogP contribution in [-0.4, -0.2) is 14.1 Å². The second kappa shape index (κ2) is 7.04. The molecule has 4 rings (SSSR count). The van der Waals surface area contributed by atoms with Crippen molar-refractivity contribution in [1.29, 1.82) is 0 Å². The van der Waals surface area contributed by atoms with Crippen LogP contribution in [0.2, 0.25) is 0 Å². The zero-order chi connectivity index (χ0) is 16.3. The maximum atomic E-state index is 12.4. The van der Waals surface area contributed by atoms with Crippen LogP contribution in [0.1, 0.15) is 56.9 Å². The van der Waals surface area contributed by atoms with E-state index < -0.39 is 10.0 Å². The molecule has 1 aromatic rings. The maximum absolute atomic E-state index is 12.4. The summed E-state index contributed by atoms with van der Waals surface area (Å²) in [6, 6.07) is 6.88. The predicted octanol–water partition coefficient (Wildman–Crippen LogP) is 4.01. The van der Waals surface area contributed by atoms with Gasteiger partial charge in [-0.2, -0.15) is 13.5 Å². The summed E-state index contributed by atoms with van der Waals surface area (Å²) in [6.45, 7) is 1.94. The quantitative estimate of drug-likeness (QED) is 0.849. The van der Waals surface area contributed by atoms with Gasteiger partial charge in [0.05, 0.1) is 4.90 Å². The van der Waals surface area contributed by atoms with E-state index in [0.717, 1.165) is 30.5 Å². The third-order valence-electron chi connectivity index (χ3n) is 5.20. The summed E-state index contributed by atoms with van der Waals surface area (Å²) in [5, 5.41) is 4.36. The Hall–Kier alpha value is -1.36. The number of nitrogens with zero attached hydrogens (tertiary/aromatic N) is 1. The number of nitrogens with one attached hydrogen (secondary N) is 1. The lowest BCUT2D eigenvalue weighted by molar-refractivity contribution is 0.385. The van der Waals surface area contributed by atoms with Crippen LogP contribution in [0.15, 0.2) is 34.3 Å². The lowest BCUT2D eigenvalue weighted by atomic mass is 9.78. The first kappa shape index (κ1) is 16.5. The summed E-state index contributed by atoms with van der Waals surface area (Å²) in [5.41, 5.74) is 2.11. The molecule has 2 atom stereocenters. The summed E-state index contributed by atoms with van der Waals surface area (Å²) in [7, 11) is -3.56. The molecular formula is C18H26N2O2S. The molecule has 126 valence electrons. The molecule has 0 radical (unpaired) electrons. The van der Waals surface area contributed by atoms with Crippen molar-refractivity contribution in [3.63, 3.8) is 0 Å². The second-order valence-corrected chi connectivity index (χ2v) is 8.65. The predicted molar refractivity (Wildman–Crippen MR) is 92.9 cm³/mol. The highest BCUT2D eigenvalue weighted by molar-refractivity contribution is 7.89. The first-order valence-electron chi connectivity index (χ1n) is 8.69. The lowest BCUT2D eigenvalue weighted by Gasteiger charge is -2.28. The molecule has 0 amide bonds. The van der Waals surface area contributed by atoms with Crippen molar-refractivity contribution >= 4 is 15.7 Å². The van der Waals surface area contributed by atoms with E-state index in [2.05, 4.69) is 9.93 Å². The number of hydrogen-bond donors (Lipinski definition) is 1. The highest BCUT2D eigenvalue weighted by Crippen LogP contribution is 2.35. The molecule has 23 heavy (non-hydrogen) atoms. The lowest BCUT2D eigenvalue weighted by Crippen LogP contribution is -2.28. The molecule has 0 saturated heterocycles. The molecule has 4 nitrogen and oxygen atoms in total. The van der Waals surface area contributed by atoms with Gasteiger partial charge in [-0.15, -0.1) is 0 Å². The van der Waals surface area contributed by atoms with Crippen molar-refractivity contribution in [3.8, 4) is 0 Å². The first-order chi connectivity index (χ1) is 11.0. The fourth-order valence-electron chi connectivity index (χ4n) is 3.75. The number of aryl methyl sites for hydroxylation is 1. The van der Waals surface area contributed by atoms with Crippen LogP contribution in [0.5, 0.6) is 0 Å². The van der Waals surface area contributed by atoms with Gasteiger partial charge in [-0.1, -0.05) is 43.4 Å². The fraction of sp³-hybridized carbons (Fsp3) is 0.611. The Labute approximate surface area is 139 Å². The molecule has 0 unspecified atom stereocenters. The van der Waals surface area contributed by atoms with Crippen LogP contribution in [0, 0.1) is 18.8 Å². The molecule has 5 heteroatoms. The summed E-state index contributed by atoms with van der Waals surface area (Å²) >= 11 is 0. The van der Waals surface area contributed by atoms with Gasteiger partial charge in [0.1, 0.15) is 0 Å². The molecule has 0 heterocycles. The average molecular weight is 334 g/mol. The van der Waals surface area contributed by atoms with Gasteiger partial charge >= 0.3 is 0 Å². The van der Waals surface area contributed by atoms with Crippen molar-refractivity contribution in [3.05, 3.63) is 29.8 Å². The Morgan fingerprint density at radius 2 is 1.74 bits per heavy atom. The fourth-order valence-corrected chi connectivity index (χ4v) is 4.59. The van der Waals surface area contributed by atoms with Crippen LogP contribution in [0.4, 0.5) is 0 Å². The Kier molecular flexibility index (Phi) is 5.05. The second-order valence-electron chi connectivity index (χ2n) is 6.99. The molecule has 3 aliphatic carbocycles. The van der Waals surface area contributed by atoms with Crippen molar-refractivity contribution in [2.24, 2.45) is 16.9 Å². The van der Waals surface area contributed by atoms with Crippen molar-refractivity contribution in [1.82, 2.24) is 4.83 Å². The normalized spacial score (nSPS) is 27.3. The smallest absolute Gasteiger partial charge is 0.200 e.